The van der Waals surface area contributed by atoms with E-state index in [2.05, 4.69) is 209 Å². The van der Waals surface area contributed by atoms with Gasteiger partial charge in [0.1, 0.15) is 0 Å². The summed E-state index contributed by atoms with van der Waals surface area (Å²) in [7, 11) is 5.16. The Kier molecular flexibility index (Phi) is 20.6. The van der Waals surface area contributed by atoms with Gasteiger partial charge in [-0.25, -0.2) is 14.0 Å². The van der Waals surface area contributed by atoms with Gasteiger partial charge in [0, 0.05) is 93.5 Å². The van der Waals surface area contributed by atoms with Crippen LogP contribution in [0.3, 0.4) is 0 Å². The van der Waals surface area contributed by atoms with Gasteiger partial charge < -0.3 is 29.0 Å². The van der Waals surface area contributed by atoms with Crippen LogP contribution in [0.15, 0.2) is 227 Å². The molecule has 103 heavy (non-hydrogen) atoms. The van der Waals surface area contributed by atoms with Gasteiger partial charge in [-0.3, -0.25) is 19.4 Å². The number of pyridine rings is 1. The highest BCUT2D eigenvalue weighted by atomic mass is 16.3. The van der Waals surface area contributed by atoms with E-state index in [0.717, 1.165) is 97.4 Å². The van der Waals surface area contributed by atoms with E-state index in [1.807, 2.05) is 66.7 Å². The maximum absolute atomic E-state index is 13.5. The molecule has 3 N–H and O–H groups in total. The summed E-state index contributed by atoms with van der Waals surface area (Å²) in [4.78, 5) is 44.7. The molecule has 0 fully saturated rings. The van der Waals surface area contributed by atoms with Crippen LogP contribution in [0.1, 0.15) is 105 Å². The van der Waals surface area contributed by atoms with Gasteiger partial charge >= 0.3 is 0 Å². The summed E-state index contributed by atoms with van der Waals surface area (Å²) in [5, 5.41) is 55.4. The molecule has 15 rings (SSSR count). The number of benzene rings is 8. The maximum Gasteiger partial charge on any atom is 0.276 e. The van der Waals surface area contributed by atoms with E-state index in [4.69, 9.17) is 0 Å². The molecule has 0 aliphatic rings. The van der Waals surface area contributed by atoms with Crippen molar-refractivity contribution in [1.82, 2.24) is 48.0 Å². The van der Waals surface area contributed by atoms with Crippen molar-refractivity contribution >= 4 is 64.6 Å². The minimum Gasteiger partial charge on any atom is -0.392 e. The molecular weight excluding hydrogens is 1280 g/mol. The highest BCUT2D eigenvalue weighted by molar-refractivity contribution is 6.00. The predicted octanol–water partition coefficient (Wildman–Crippen LogP) is 15.8. The number of nitrogens with zero attached hydrogens (tertiary/aromatic N) is 10. The van der Waals surface area contributed by atoms with Gasteiger partial charge in [0.2, 0.25) is 0 Å². The van der Waals surface area contributed by atoms with Crippen molar-refractivity contribution in [3.05, 3.63) is 294 Å². The Hall–Kier alpha value is -11.2. The maximum atomic E-state index is 13.5. The molecular formula is C87H88N10O6. The molecule has 0 saturated carbocycles. The SMILES string of the molecule is CC(C)Cc1nn(C)c(=O)c2c(-c3cccc(C(C)O)c3)n(Cc3cccc4ccccc34)cc12.CC(C)Cc1nn(C)c(=O)c2c(-c3cccc(CO)c3)n(Cc3cccc4ccccc34)cc12.CC(C)Cc1nn(C)c(=O)c2c(-c3cncc(CO)c3)n(Cc3cccc4ccccc34)cc12. The van der Waals surface area contributed by atoms with Crippen molar-refractivity contribution in [3.8, 4) is 33.8 Å². The van der Waals surface area contributed by atoms with Crippen LogP contribution in [-0.2, 0) is 73.3 Å². The molecule has 1 atom stereocenters. The van der Waals surface area contributed by atoms with E-state index < -0.39 is 6.10 Å². The lowest BCUT2D eigenvalue weighted by molar-refractivity contribution is 0.199. The molecule has 0 spiro atoms. The minimum atomic E-state index is -0.594. The standard InChI is InChI=1S/C30H31N3O2.C29H29N3O2.C28H28N4O2/c1-19(2)15-27-26-18-33(17-24-13-7-10-21-9-5-6-14-25(21)24)29(28(26)30(35)32(4)31-27)23-12-8-11-22(16-23)20(3)34;1-19(2)14-26-25-17-32(16-23-12-7-10-21-9-4-5-13-24(21)23)28(27(25)29(34)31(3)30-26)22-11-6-8-20(15-22)18-33;1-18(2)11-25-24-16-32(15-21-9-6-8-20-7-4-5-10-23(20)21)27(26(24)28(34)31(3)30-25)22-12-19(17-33)13-29-14-22/h5-14,16,18-20,34H,15,17H2,1-4H3;4-13,15,17,19,33H,14,16,18H2,1-3H3;4-10,12-14,16,18,33H,11,15,17H2,1-3H3. The fraction of sp³-hybridized carbons (Fsp3) is 0.253. The molecule has 16 heteroatoms. The number of hydrogen-bond donors (Lipinski definition) is 3. The zero-order valence-corrected chi connectivity index (χ0v) is 60.2. The second kappa shape index (κ2) is 30.2. The predicted molar refractivity (Wildman–Crippen MR) is 416 cm³/mol. The summed E-state index contributed by atoms with van der Waals surface area (Å²) < 4.78 is 10.9. The van der Waals surface area contributed by atoms with Crippen LogP contribution in [0.2, 0.25) is 0 Å². The van der Waals surface area contributed by atoms with Gasteiger partial charge in [0.15, 0.2) is 0 Å². The first-order valence-corrected chi connectivity index (χ1v) is 35.5. The summed E-state index contributed by atoms with van der Waals surface area (Å²) in [5.74, 6) is 1.22. The van der Waals surface area contributed by atoms with Crippen LogP contribution in [0.5, 0.6) is 0 Å². The highest BCUT2D eigenvalue weighted by Gasteiger charge is 2.26. The summed E-state index contributed by atoms with van der Waals surface area (Å²) >= 11 is 0. The third-order valence-electron chi connectivity index (χ3n) is 19.2. The van der Waals surface area contributed by atoms with Gasteiger partial charge in [-0.2, -0.15) is 15.3 Å². The van der Waals surface area contributed by atoms with Crippen molar-refractivity contribution in [2.75, 3.05) is 0 Å². The zero-order chi connectivity index (χ0) is 72.3. The van der Waals surface area contributed by atoms with Crippen molar-refractivity contribution in [2.45, 2.75) is 107 Å². The van der Waals surface area contributed by atoms with Crippen LogP contribution < -0.4 is 16.7 Å². The molecule has 0 amide bonds. The van der Waals surface area contributed by atoms with E-state index in [0.29, 0.717) is 59.1 Å². The fourth-order valence-electron chi connectivity index (χ4n) is 14.5. The number of hydrogen-bond acceptors (Lipinski definition) is 10. The number of aryl methyl sites for hydroxylation is 3. The Balaban J connectivity index is 0.000000138. The summed E-state index contributed by atoms with van der Waals surface area (Å²) in [5.41, 5.74) is 13.5. The van der Waals surface area contributed by atoms with Gasteiger partial charge in [-0.1, -0.05) is 205 Å². The highest BCUT2D eigenvalue weighted by Crippen LogP contribution is 2.37. The summed E-state index contributed by atoms with van der Waals surface area (Å²) in [6.45, 7) is 16.4. The number of aromatic nitrogens is 10. The summed E-state index contributed by atoms with van der Waals surface area (Å²) in [6, 6.07) is 61.7. The molecule has 0 radical (unpaired) electrons. The lowest BCUT2D eigenvalue weighted by atomic mass is 10.0. The van der Waals surface area contributed by atoms with Crippen molar-refractivity contribution in [3.63, 3.8) is 0 Å². The van der Waals surface area contributed by atoms with Gasteiger partial charge in [-0.05, 0) is 139 Å². The average Bonchev–Trinajstić information content (AvgIpc) is 1.61. The molecule has 8 aromatic carbocycles. The van der Waals surface area contributed by atoms with E-state index in [1.165, 1.54) is 63.1 Å². The van der Waals surface area contributed by atoms with E-state index in [1.54, 1.807) is 40.5 Å². The number of rotatable bonds is 18. The summed E-state index contributed by atoms with van der Waals surface area (Å²) in [6.07, 6.45) is 11.4. The fourth-order valence-corrected chi connectivity index (χ4v) is 14.5. The van der Waals surface area contributed by atoms with E-state index in [-0.39, 0.29) is 29.9 Å². The van der Waals surface area contributed by atoms with Gasteiger partial charge in [-0.15, -0.1) is 0 Å². The van der Waals surface area contributed by atoms with Crippen LogP contribution in [0, 0.1) is 17.8 Å². The molecule has 7 aromatic heterocycles. The minimum absolute atomic E-state index is 0.0476. The van der Waals surface area contributed by atoms with Crippen molar-refractivity contribution < 1.29 is 15.3 Å². The third kappa shape index (κ3) is 14.6. The Labute approximate surface area is 598 Å². The van der Waals surface area contributed by atoms with E-state index >= 15 is 0 Å². The Bertz CT molecular complexity index is 5590. The Morgan fingerprint density at radius 3 is 1.09 bits per heavy atom. The molecule has 15 aromatic rings. The quantitative estimate of drug-likeness (QED) is 0.0744. The molecule has 0 bridgehead atoms. The first-order valence-electron chi connectivity index (χ1n) is 35.5. The number of aliphatic hydroxyl groups is 3. The molecule has 7 heterocycles. The Morgan fingerprint density at radius 2 is 0.709 bits per heavy atom. The lowest BCUT2D eigenvalue weighted by Gasteiger charge is -2.14. The Morgan fingerprint density at radius 1 is 0.369 bits per heavy atom. The van der Waals surface area contributed by atoms with E-state index in [9.17, 15) is 29.7 Å². The van der Waals surface area contributed by atoms with Crippen molar-refractivity contribution in [2.24, 2.45) is 38.9 Å². The molecule has 0 aliphatic carbocycles. The van der Waals surface area contributed by atoms with Crippen LogP contribution in [0.25, 0.3) is 98.4 Å². The number of aliphatic hydroxyl groups excluding tert-OH is 3. The number of fused-ring (bicyclic) bond motifs is 6. The van der Waals surface area contributed by atoms with Gasteiger partial charge in [0.25, 0.3) is 16.7 Å². The van der Waals surface area contributed by atoms with Crippen LogP contribution in [-0.4, -0.2) is 63.3 Å². The molecule has 16 nitrogen and oxygen atoms in total. The molecule has 0 aliphatic heterocycles. The first-order chi connectivity index (χ1) is 49.7. The van der Waals surface area contributed by atoms with Crippen LogP contribution >= 0.6 is 0 Å². The monoisotopic (exact) mass is 1370 g/mol. The molecule has 522 valence electrons. The average molecular weight is 1370 g/mol. The largest absolute Gasteiger partial charge is 0.392 e. The van der Waals surface area contributed by atoms with Crippen molar-refractivity contribution in [1.29, 1.82) is 0 Å². The molecule has 1 unspecified atom stereocenters. The van der Waals surface area contributed by atoms with Gasteiger partial charge in [0.05, 0.1) is 69.6 Å². The normalized spacial score (nSPS) is 12.0. The molecule has 0 saturated heterocycles. The second-order valence-corrected chi connectivity index (χ2v) is 28.4. The third-order valence-corrected chi connectivity index (χ3v) is 19.2. The second-order valence-electron chi connectivity index (χ2n) is 28.4. The topological polar surface area (TPSA) is 193 Å². The zero-order valence-electron chi connectivity index (χ0n) is 60.2. The smallest absolute Gasteiger partial charge is 0.276 e. The van der Waals surface area contributed by atoms with Crippen LogP contribution in [0.4, 0.5) is 0 Å². The lowest BCUT2D eigenvalue weighted by Crippen LogP contribution is -2.22. The first kappa shape index (κ1) is 70.3.